The number of aromatic nitrogens is 2. The van der Waals surface area contributed by atoms with Gasteiger partial charge < -0.3 is 0 Å². The summed E-state index contributed by atoms with van der Waals surface area (Å²) in [4.78, 5) is 12.2. The Morgan fingerprint density at radius 1 is 1.17 bits per heavy atom. The Balaban J connectivity index is 1.54. The van der Waals surface area contributed by atoms with E-state index in [0.29, 0.717) is 5.69 Å². The van der Waals surface area contributed by atoms with Crippen LogP contribution in [0.2, 0.25) is 0 Å². The number of rotatable bonds is 3. The van der Waals surface area contributed by atoms with Gasteiger partial charge in [-0.3, -0.25) is 9.89 Å². The Labute approximate surface area is 133 Å². The van der Waals surface area contributed by atoms with E-state index in [1.807, 2.05) is 30.3 Å². The van der Waals surface area contributed by atoms with E-state index >= 15 is 0 Å². The van der Waals surface area contributed by atoms with E-state index in [2.05, 4.69) is 32.9 Å². The third-order valence-corrected chi connectivity index (χ3v) is 4.21. The Hall–Kier alpha value is -2.95. The summed E-state index contributed by atoms with van der Waals surface area (Å²) in [5.74, 6) is -0.263. The number of H-pyrrole nitrogens is 1. The lowest BCUT2D eigenvalue weighted by atomic mass is 10.1. The lowest BCUT2D eigenvalue weighted by Crippen LogP contribution is -2.19. The number of nitrogens with one attached hydrogen (secondary N) is 2. The molecule has 0 atom stereocenters. The zero-order chi connectivity index (χ0) is 15.6. The quantitative estimate of drug-likeness (QED) is 0.577. The first-order valence-electron chi connectivity index (χ1n) is 7.70. The average molecular weight is 304 g/mol. The standard InChI is InChI=1S/C18H16N4O/c23-18(17-15-9-4-10-16(15)20-21-17)22-19-11-13-7-3-6-12-5-1-2-8-14(12)13/h1-3,5-8,11H,4,9-10H2,(H,20,21)(H,22,23). The van der Waals surface area contributed by atoms with Gasteiger partial charge in [-0.15, -0.1) is 0 Å². The van der Waals surface area contributed by atoms with Crippen molar-refractivity contribution in [1.82, 2.24) is 15.6 Å². The van der Waals surface area contributed by atoms with E-state index in [4.69, 9.17) is 0 Å². The van der Waals surface area contributed by atoms with Gasteiger partial charge in [0.2, 0.25) is 0 Å². The highest BCUT2D eigenvalue weighted by Crippen LogP contribution is 2.22. The second kappa shape index (κ2) is 5.68. The molecule has 0 saturated carbocycles. The predicted molar refractivity (Wildman–Crippen MR) is 89.6 cm³/mol. The molecular formula is C18H16N4O. The molecule has 4 rings (SSSR count). The fourth-order valence-electron chi connectivity index (χ4n) is 3.08. The van der Waals surface area contributed by atoms with Gasteiger partial charge >= 0.3 is 0 Å². The van der Waals surface area contributed by atoms with Gasteiger partial charge in [-0.05, 0) is 30.0 Å². The molecule has 1 heterocycles. The smallest absolute Gasteiger partial charge is 0.281 e. The number of hydrogen-bond donors (Lipinski definition) is 2. The molecule has 0 aliphatic heterocycles. The fraction of sp³-hybridized carbons (Fsp3) is 0.167. The summed E-state index contributed by atoms with van der Waals surface area (Å²) in [7, 11) is 0. The van der Waals surface area contributed by atoms with E-state index < -0.39 is 0 Å². The zero-order valence-corrected chi connectivity index (χ0v) is 12.5. The highest BCUT2D eigenvalue weighted by molar-refractivity contribution is 6.00. The molecule has 1 aliphatic rings. The van der Waals surface area contributed by atoms with Crippen molar-refractivity contribution in [3.05, 3.63) is 65.0 Å². The molecule has 1 amide bonds. The maximum atomic E-state index is 12.2. The Morgan fingerprint density at radius 3 is 3.00 bits per heavy atom. The summed E-state index contributed by atoms with van der Waals surface area (Å²) in [5.41, 5.74) is 6.12. The number of nitrogens with zero attached hydrogens (tertiary/aromatic N) is 2. The van der Waals surface area contributed by atoms with Crippen LogP contribution >= 0.6 is 0 Å². The van der Waals surface area contributed by atoms with Gasteiger partial charge in [-0.25, -0.2) is 5.43 Å². The minimum Gasteiger partial charge on any atom is -0.281 e. The van der Waals surface area contributed by atoms with Crippen LogP contribution in [-0.2, 0) is 12.8 Å². The molecule has 23 heavy (non-hydrogen) atoms. The van der Waals surface area contributed by atoms with Gasteiger partial charge in [0.1, 0.15) is 0 Å². The van der Waals surface area contributed by atoms with Crippen molar-refractivity contribution in [3.8, 4) is 0 Å². The molecular weight excluding hydrogens is 288 g/mol. The predicted octanol–water partition coefficient (Wildman–Crippen LogP) is 2.82. The summed E-state index contributed by atoms with van der Waals surface area (Å²) in [5, 5.41) is 13.4. The number of hydrogen-bond acceptors (Lipinski definition) is 3. The van der Waals surface area contributed by atoms with Crippen molar-refractivity contribution in [2.24, 2.45) is 5.10 Å². The topological polar surface area (TPSA) is 70.1 Å². The highest BCUT2D eigenvalue weighted by Gasteiger charge is 2.22. The lowest BCUT2D eigenvalue weighted by molar-refractivity contribution is 0.0949. The number of aromatic amines is 1. The molecule has 0 radical (unpaired) electrons. The normalized spacial score (nSPS) is 13.6. The third-order valence-electron chi connectivity index (χ3n) is 4.21. The Bertz CT molecular complexity index is 905. The number of benzene rings is 2. The van der Waals surface area contributed by atoms with Gasteiger partial charge in [0.25, 0.3) is 5.91 Å². The Morgan fingerprint density at radius 2 is 2.04 bits per heavy atom. The van der Waals surface area contributed by atoms with Crippen LogP contribution in [0.4, 0.5) is 0 Å². The average Bonchev–Trinajstić information content (AvgIpc) is 3.18. The van der Waals surface area contributed by atoms with E-state index in [-0.39, 0.29) is 5.91 Å². The van der Waals surface area contributed by atoms with E-state index in [9.17, 15) is 4.79 Å². The molecule has 2 aromatic carbocycles. The molecule has 2 N–H and O–H groups in total. The summed E-state index contributed by atoms with van der Waals surface area (Å²) >= 11 is 0. The summed E-state index contributed by atoms with van der Waals surface area (Å²) < 4.78 is 0. The number of amides is 1. The van der Waals surface area contributed by atoms with Crippen LogP contribution in [0, 0.1) is 0 Å². The summed E-state index contributed by atoms with van der Waals surface area (Å²) in [6.07, 6.45) is 4.62. The van der Waals surface area contributed by atoms with Crippen molar-refractivity contribution in [1.29, 1.82) is 0 Å². The lowest BCUT2D eigenvalue weighted by Gasteiger charge is -2.01. The van der Waals surface area contributed by atoms with E-state index in [1.54, 1.807) is 6.21 Å². The number of carbonyl (C=O) groups is 1. The second-order valence-electron chi connectivity index (χ2n) is 5.65. The van der Waals surface area contributed by atoms with Gasteiger partial charge in [0, 0.05) is 16.8 Å². The van der Waals surface area contributed by atoms with Gasteiger partial charge in [0.05, 0.1) is 6.21 Å². The molecule has 3 aromatic rings. The molecule has 0 saturated heterocycles. The van der Waals surface area contributed by atoms with E-state index in [1.165, 1.54) is 0 Å². The van der Waals surface area contributed by atoms with Gasteiger partial charge in [-0.2, -0.15) is 10.2 Å². The number of carbonyl (C=O) groups excluding carboxylic acids is 1. The minimum atomic E-state index is -0.263. The molecule has 0 unspecified atom stereocenters. The van der Waals surface area contributed by atoms with Crippen molar-refractivity contribution in [2.45, 2.75) is 19.3 Å². The summed E-state index contributed by atoms with van der Waals surface area (Å²) in [6.45, 7) is 0. The molecule has 0 fully saturated rings. The van der Waals surface area contributed by atoms with Crippen LogP contribution in [0.1, 0.15) is 33.7 Å². The highest BCUT2D eigenvalue weighted by atomic mass is 16.2. The first kappa shape index (κ1) is 13.7. The van der Waals surface area contributed by atoms with Crippen molar-refractivity contribution >= 4 is 22.9 Å². The first-order valence-corrected chi connectivity index (χ1v) is 7.70. The van der Waals surface area contributed by atoms with Crippen molar-refractivity contribution in [3.63, 3.8) is 0 Å². The molecule has 5 heteroatoms. The maximum Gasteiger partial charge on any atom is 0.292 e. The third kappa shape index (κ3) is 2.50. The first-order chi connectivity index (χ1) is 11.3. The largest absolute Gasteiger partial charge is 0.292 e. The maximum absolute atomic E-state index is 12.2. The monoisotopic (exact) mass is 304 g/mol. The SMILES string of the molecule is O=C(NN=Cc1cccc2ccccc12)c1n[nH]c2c1CCC2. The molecule has 0 bridgehead atoms. The molecule has 0 spiro atoms. The Kier molecular flexibility index (Phi) is 3.38. The minimum absolute atomic E-state index is 0.263. The van der Waals surface area contributed by atoms with Crippen molar-refractivity contribution in [2.75, 3.05) is 0 Å². The number of hydrazone groups is 1. The van der Waals surface area contributed by atoms with E-state index in [0.717, 1.165) is 46.9 Å². The van der Waals surface area contributed by atoms with Crippen LogP contribution in [0.15, 0.2) is 47.6 Å². The molecule has 1 aromatic heterocycles. The molecule has 5 nitrogen and oxygen atoms in total. The van der Waals surface area contributed by atoms with Gasteiger partial charge in [-0.1, -0.05) is 42.5 Å². The van der Waals surface area contributed by atoms with Crippen LogP contribution in [0.5, 0.6) is 0 Å². The fourth-order valence-corrected chi connectivity index (χ4v) is 3.08. The summed E-state index contributed by atoms with van der Waals surface area (Å²) in [6, 6.07) is 14.1. The van der Waals surface area contributed by atoms with Crippen LogP contribution in [0.3, 0.4) is 0 Å². The molecule has 1 aliphatic carbocycles. The van der Waals surface area contributed by atoms with Crippen LogP contribution in [0.25, 0.3) is 10.8 Å². The zero-order valence-electron chi connectivity index (χ0n) is 12.5. The van der Waals surface area contributed by atoms with Crippen LogP contribution < -0.4 is 5.43 Å². The number of fused-ring (bicyclic) bond motifs is 2. The van der Waals surface area contributed by atoms with Gasteiger partial charge in [0.15, 0.2) is 5.69 Å². The second-order valence-corrected chi connectivity index (χ2v) is 5.65. The molecule has 114 valence electrons. The number of aryl methyl sites for hydroxylation is 1. The van der Waals surface area contributed by atoms with Crippen molar-refractivity contribution < 1.29 is 4.79 Å². The van der Waals surface area contributed by atoms with Crippen LogP contribution in [-0.4, -0.2) is 22.3 Å².